The standard InChI is InChI=1S/C15H25N3O3/c1-8-21-13(20)15(5,6)17(7)12(19)11-9-16-18(10-11)14(2,3)4/h9-10H,8H2,1-7H3. The molecule has 0 aromatic carbocycles. The summed E-state index contributed by atoms with van der Waals surface area (Å²) < 4.78 is 6.75. The Kier molecular flexibility index (Phi) is 4.81. The summed E-state index contributed by atoms with van der Waals surface area (Å²) in [6.07, 6.45) is 3.21. The molecule has 0 spiro atoms. The van der Waals surface area contributed by atoms with Crippen LogP contribution < -0.4 is 0 Å². The third-order valence-electron chi connectivity index (χ3n) is 3.43. The minimum absolute atomic E-state index is 0.201. The number of amides is 1. The van der Waals surface area contributed by atoms with Crippen molar-refractivity contribution in [2.24, 2.45) is 0 Å². The van der Waals surface area contributed by atoms with Crippen molar-refractivity contribution in [3.63, 3.8) is 0 Å². The van der Waals surface area contributed by atoms with Crippen molar-refractivity contribution in [2.45, 2.75) is 52.6 Å². The van der Waals surface area contributed by atoms with E-state index in [2.05, 4.69) is 5.10 Å². The number of likely N-dealkylation sites (N-methyl/N-ethyl adjacent to an activating group) is 1. The Labute approximate surface area is 126 Å². The van der Waals surface area contributed by atoms with Gasteiger partial charge in [-0.25, -0.2) is 4.79 Å². The highest BCUT2D eigenvalue weighted by molar-refractivity contribution is 5.97. The van der Waals surface area contributed by atoms with Gasteiger partial charge in [0.2, 0.25) is 0 Å². The average molecular weight is 295 g/mol. The van der Waals surface area contributed by atoms with Crippen LogP contribution in [0.4, 0.5) is 0 Å². The number of aromatic nitrogens is 2. The van der Waals surface area contributed by atoms with Crippen molar-refractivity contribution in [3.05, 3.63) is 18.0 Å². The van der Waals surface area contributed by atoms with E-state index in [0.717, 1.165) is 0 Å². The van der Waals surface area contributed by atoms with Crippen molar-refractivity contribution < 1.29 is 14.3 Å². The van der Waals surface area contributed by atoms with Crippen LogP contribution in [0.5, 0.6) is 0 Å². The average Bonchev–Trinajstić information content (AvgIpc) is 2.86. The van der Waals surface area contributed by atoms with E-state index < -0.39 is 11.5 Å². The summed E-state index contributed by atoms with van der Waals surface area (Å²) in [7, 11) is 1.59. The fourth-order valence-electron chi connectivity index (χ4n) is 1.69. The number of hydrogen-bond donors (Lipinski definition) is 0. The molecule has 0 saturated heterocycles. The molecule has 6 nitrogen and oxygen atoms in total. The molecule has 0 unspecified atom stereocenters. The molecule has 0 fully saturated rings. The first-order valence-electron chi connectivity index (χ1n) is 7.02. The molecule has 0 atom stereocenters. The van der Waals surface area contributed by atoms with Gasteiger partial charge in [0.1, 0.15) is 5.54 Å². The molecular formula is C15H25N3O3. The predicted octanol–water partition coefficient (Wildman–Crippen LogP) is 2.05. The first-order valence-corrected chi connectivity index (χ1v) is 7.02. The number of hydrogen-bond acceptors (Lipinski definition) is 4. The summed E-state index contributed by atoms with van der Waals surface area (Å²) in [6, 6.07) is 0. The van der Waals surface area contributed by atoms with Gasteiger partial charge in [0.25, 0.3) is 5.91 Å². The molecule has 1 aromatic rings. The molecule has 0 bridgehead atoms. The second-order valence-corrected chi connectivity index (χ2v) is 6.49. The molecular weight excluding hydrogens is 270 g/mol. The van der Waals surface area contributed by atoms with Crippen molar-refractivity contribution in [3.8, 4) is 0 Å². The van der Waals surface area contributed by atoms with Gasteiger partial charge < -0.3 is 9.64 Å². The highest BCUT2D eigenvalue weighted by Gasteiger charge is 2.37. The lowest BCUT2D eigenvalue weighted by Crippen LogP contribution is -2.51. The van der Waals surface area contributed by atoms with Gasteiger partial charge in [-0.05, 0) is 41.5 Å². The van der Waals surface area contributed by atoms with Crippen LogP contribution in [0, 0.1) is 0 Å². The molecule has 118 valence electrons. The second-order valence-electron chi connectivity index (χ2n) is 6.49. The zero-order valence-electron chi connectivity index (χ0n) is 13.9. The van der Waals surface area contributed by atoms with E-state index in [1.807, 2.05) is 20.8 Å². The number of carbonyl (C=O) groups excluding carboxylic acids is 2. The zero-order valence-corrected chi connectivity index (χ0v) is 13.9. The van der Waals surface area contributed by atoms with Crippen LogP contribution in [0.25, 0.3) is 0 Å². The number of ether oxygens (including phenoxy) is 1. The number of carbonyl (C=O) groups is 2. The van der Waals surface area contributed by atoms with E-state index in [-0.39, 0.29) is 18.1 Å². The van der Waals surface area contributed by atoms with Crippen LogP contribution >= 0.6 is 0 Å². The lowest BCUT2D eigenvalue weighted by Gasteiger charge is -2.32. The molecule has 21 heavy (non-hydrogen) atoms. The molecule has 0 radical (unpaired) electrons. The minimum Gasteiger partial charge on any atom is -0.464 e. The Morgan fingerprint density at radius 3 is 2.29 bits per heavy atom. The third kappa shape index (κ3) is 3.62. The van der Waals surface area contributed by atoms with Crippen LogP contribution in [0.3, 0.4) is 0 Å². The van der Waals surface area contributed by atoms with Gasteiger partial charge in [-0.3, -0.25) is 9.48 Å². The molecule has 1 heterocycles. The predicted molar refractivity (Wildman–Crippen MR) is 80.0 cm³/mol. The summed E-state index contributed by atoms with van der Waals surface area (Å²) in [4.78, 5) is 25.9. The Bertz CT molecular complexity index is 527. The zero-order chi connectivity index (χ0) is 16.4. The summed E-state index contributed by atoms with van der Waals surface area (Å²) in [6.45, 7) is 11.4. The third-order valence-corrected chi connectivity index (χ3v) is 3.43. The molecule has 0 N–H and O–H groups in total. The Hall–Kier alpha value is -1.85. The monoisotopic (exact) mass is 295 g/mol. The van der Waals surface area contributed by atoms with Crippen LogP contribution in [-0.4, -0.2) is 45.8 Å². The van der Waals surface area contributed by atoms with Crippen molar-refractivity contribution in [2.75, 3.05) is 13.7 Å². The number of nitrogens with zero attached hydrogens (tertiary/aromatic N) is 3. The van der Waals surface area contributed by atoms with Gasteiger partial charge in [-0.2, -0.15) is 5.10 Å². The van der Waals surface area contributed by atoms with E-state index in [1.54, 1.807) is 38.7 Å². The largest absolute Gasteiger partial charge is 0.464 e. The van der Waals surface area contributed by atoms with Crippen molar-refractivity contribution >= 4 is 11.9 Å². The Morgan fingerprint density at radius 2 is 1.86 bits per heavy atom. The second kappa shape index (κ2) is 5.87. The van der Waals surface area contributed by atoms with Crippen LogP contribution in [0.15, 0.2) is 12.4 Å². The smallest absolute Gasteiger partial charge is 0.331 e. The van der Waals surface area contributed by atoms with E-state index in [0.29, 0.717) is 5.56 Å². The van der Waals surface area contributed by atoms with Gasteiger partial charge in [0.05, 0.1) is 23.9 Å². The molecule has 1 rings (SSSR count). The molecule has 1 aromatic heterocycles. The van der Waals surface area contributed by atoms with Crippen molar-refractivity contribution in [1.29, 1.82) is 0 Å². The lowest BCUT2D eigenvalue weighted by molar-refractivity contribution is -0.153. The quantitative estimate of drug-likeness (QED) is 0.798. The molecule has 1 amide bonds. The molecule has 0 aliphatic carbocycles. The van der Waals surface area contributed by atoms with E-state index in [1.165, 1.54) is 11.1 Å². The number of esters is 1. The van der Waals surface area contributed by atoms with Gasteiger partial charge in [0.15, 0.2) is 0 Å². The fourth-order valence-corrected chi connectivity index (χ4v) is 1.69. The van der Waals surface area contributed by atoms with Gasteiger partial charge in [-0.15, -0.1) is 0 Å². The topological polar surface area (TPSA) is 64.4 Å². The van der Waals surface area contributed by atoms with E-state index in [4.69, 9.17) is 4.74 Å². The van der Waals surface area contributed by atoms with Crippen LogP contribution in [0.2, 0.25) is 0 Å². The van der Waals surface area contributed by atoms with E-state index >= 15 is 0 Å². The van der Waals surface area contributed by atoms with Crippen LogP contribution in [-0.2, 0) is 15.1 Å². The maximum atomic E-state index is 12.5. The lowest BCUT2D eigenvalue weighted by atomic mass is 10.0. The normalized spacial score (nSPS) is 12.1. The fraction of sp³-hybridized carbons (Fsp3) is 0.667. The molecule has 6 heteroatoms. The van der Waals surface area contributed by atoms with Gasteiger partial charge in [-0.1, -0.05) is 0 Å². The van der Waals surface area contributed by atoms with Gasteiger partial charge in [0, 0.05) is 13.2 Å². The summed E-state index contributed by atoms with van der Waals surface area (Å²) in [5, 5.41) is 4.21. The molecule has 0 aliphatic rings. The maximum Gasteiger partial charge on any atom is 0.331 e. The van der Waals surface area contributed by atoms with Gasteiger partial charge >= 0.3 is 5.97 Å². The Morgan fingerprint density at radius 1 is 1.29 bits per heavy atom. The highest BCUT2D eigenvalue weighted by Crippen LogP contribution is 2.19. The molecule has 0 aliphatic heterocycles. The minimum atomic E-state index is -1.03. The van der Waals surface area contributed by atoms with E-state index in [9.17, 15) is 9.59 Å². The van der Waals surface area contributed by atoms with Crippen LogP contribution in [0.1, 0.15) is 51.9 Å². The maximum absolute atomic E-state index is 12.5. The first kappa shape index (κ1) is 17.2. The van der Waals surface area contributed by atoms with Crippen molar-refractivity contribution in [1.82, 2.24) is 14.7 Å². The summed E-state index contributed by atoms with van der Waals surface area (Å²) in [5.41, 5.74) is -0.783. The summed E-state index contributed by atoms with van der Waals surface area (Å²) >= 11 is 0. The SMILES string of the molecule is CCOC(=O)C(C)(C)N(C)C(=O)c1cnn(C(C)(C)C)c1. The Balaban J connectivity index is 2.97. The number of rotatable bonds is 4. The first-order chi connectivity index (χ1) is 9.51. The summed E-state index contributed by atoms with van der Waals surface area (Å²) in [5.74, 6) is -0.687. The highest BCUT2D eigenvalue weighted by atomic mass is 16.5. The molecule has 0 saturated carbocycles.